The number of rotatable bonds is 7. The molecule has 3 aromatic carbocycles. The molecule has 0 bridgehead atoms. The van der Waals surface area contributed by atoms with Crippen LogP contribution in [0.25, 0.3) is 22.3 Å². The number of nitrogens with one attached hydrogen (secondary N) is 1. The van der Waals surface area contributed by atoms with Crippen molar-refractivity contribution >= 4 is 45.9 Å². The van der Waals surface area contributed by atoms with Crippen molar-refractivity contribution < 1.29 is 14.3 Å². The van der Waals surface area contributed by atoms with Gasteiger partial charge >= 0.3 is 0 Å². The van der Waals surface area contributed by atoms with E-state index < -0.39 is 0 Å². The molecule has 0 atom stereocenters. The van der Waals surface area contributed by atoms with Gasteiger partial charge in [-0.15, -0.1) is 0 Å². The Morgan fingerprint density at radius 1 is 1.00 bits per heavy atom. The zero-order chi connectivity index (χ0) is 22.5. The monoisotopic (exact) mass is 465 g/mol. The second-order valence-corrected chi connectivity index (χ2v) is 8.18. The molecule has 0 aliphatic carbocycles. The number of nitrogens with zero attached hydrogens (tertiary/aromatic N) is 2. The first-order valence-corrected chi connectivity index (χ1v) is 11.1. The quantitative estimate of drug-likeness (QED) is 0.279. The predicted molar refractivity (Wildman–Crippen MR) is 129 cm³/mol. The Hall–Kier alpha value is -3.29. The molecule has 6 nitrogen and oxygen atoms in total. The Bertz CT molecular complexity index is 1270. The van der Waals surface area contributed by atoms with E-state index in [2.05, 4.69) is 10.3 Å². The minimum atomic E-state index is -0.198. The Balaban J connectivity index is 1.60. The highest BCUT2D eigenvalue weighted by Gasteiger charge is 2.14. The van der Waals surface area contributed by atoms with E-state index >= 15 is 0 Å². The van der Waals surface area contributed by atoms with Crippen molar-refractivity contribution in [3.05, 3.63) is 71.8 Å². The number of benzene rings is 3. The van der Waals surface area contributed by atoms with Crippen LogP contribution >= 0.6 is 23.4 Å². The lowest BCUT2D eigenvalue weighted by Crippen LogP contribution is -2.15. The van der Waals surface area contributed by atoms with Crippen LogP contribution in [0.2, 0.25) is 5.02 Å². The van der Waals surface area contributed by atoms with Gasteiger partial charge < -0.3 is 14.8 Å². The number of aromatic nitrogens is 2. The number of amides is 1. The highest BCUT2D eigenvalue weighted by molar-refractivity contribution is 8.00. The number of methoxy groups -OCH3 is 2. The number of hydrogen-bond donors (Lipinski definition) is 1. The van der Waals surface area contributed by atoms with E-state index in [1.807, 2.05) is 42.5 Å². The molecule has 4 rings (SSSR count). The maximum atomic E-state index is 12.7. The van der Waals surface area contributed by atoms with Crippen LogP contribution in [0, 0.1) is 0 Å². The van der Waals surface area contributed by atoms with Gasteiger partial charge in [-0.1, -0.05) is 53.7 Å². The third-order valence-corrected chi connectivity index (χ3v) is 5.90. The fraction of sp³-hybridized carbons (Fsp3) is 0.125. The summed E-state index contributed by atoms with van der Waals surface area (Å²) in [5, 5.41) is 4.95. The lowest BCUT2D eigenvalue weighted by atomic mass is 10.2. The Kier molecular flexibility index (Phi) is 6.78. The van der Waals surface area contributed by atoms with Crippen molar-refractivity contribution in [3.63, 3.8) is 0 Å². The first-order chi connectivity index (χ1) is 15.6. The molecule has 0 spiro atoms. The number of hydrogen-bond acceptors (Lipinski definition) is 6. The van der Waals surface area contributed by atoms with Crippen LogP contribution in [0.4, 0.5) is 5.69 Å². The third kappa shape index (κ3) is 4.95. The van der Waals surface area contributed by atoms with E-state index in [0.717, 1.165) is 16.5 Å². The fourth-order valence-corrected chi connectivity index (χ4v) is 4.11. The molecule has 0 aliphatic heterocycles. The van der Waals surface area contributed by atoms with Gasteiger partial charge in [0.15, 0.2) is 5.82 Å². The first-order valence-electron chi connectivity index (χ1n) is 9.75. The lowest BCUT2D eigenvalue weighted by Gasteiger charge is -2.12. The third-order valence-electron chi connectivity index (χ3n) is 4.68. The number of carbonyl (C=O) groups excluding carboxylic acids is 1. The lowest BCUT2D eigenvalue weighted by molar-refractivity contribution is -0.113. The molecule has 0 aliphatic rings. The molecule has 0 fully saturated rings. The molecular formula is C24H20ClN3O3S. The zero-order valence-corrected chi connectivity index (χ0v) is 19.0. The number of thioether (sulfide) groups is 1. The number of carbonyl (C=O) groups is 1. The molecule has 4 aromatic rings. The van der Waals surface area contributed by atoms with Gasteiger partial charge in [0.1, 0.15) is 16.5 Å². The van der Waals surface area contributed by atoms with Crippen LogP contribution in [0.15, 0.2) is 71.8 Å². The summed E-state index contributed by atoms with van der Waals surface area (Å²) in [6, 6.07) is 20.4. The minimum Gasteiger partial charge on any atom is -0.497 e. The van der Waals surface area contributed by atoms with Crippen molar-refractivity contribution in [3.8, 4) is 22.9 Å². The maximum Gasteiger partial charge on any atom is 0.234 e. The second kappa shape index (κ2) is 9.89. The van der Waals surface area contributed by atoms with Crippen LogP contribution in [-0.4, -0.2) is 35.8 Å². The van der Waals surface area contributed by atoms with Crippen LogP contribution in [0.5, 0.6) is 11.5 Å². The van der Waals surface area contributed by atoms with E-state index in [0.29, 0.717) is 33.1 Å². The first kappa shape index (κ1) is 21.9. The Morgan fingerprint density at radius 2 is 1.81 bits per heavy atom. The zero-order valence-electron chi connectivity index (χ0n) is 17.5. The van der Waals surface area contributed by atoms with Crippen LogP contribution in [-0.2, 0) is 4.79 Å². The highest BCUT2D eigenvalue weighted by Crippen LogP contribution is 2.32. The van der Waals surface area contributed by atoms with E-state index in [1.54, 1.807) is 38.5 Å². The van der Waals surface area contributed by atoms with Crippen molar-refractivity contribution in [1.82, 2.24) is 9.97 Å². The molecule has 0 unspecified atom stereocenters. The minimum absolute atomic E-state index is 0.146. The normalized spacial score (nSPS) is 10.7. The van der Waals surface area contributed by atoms with Gasteiger partial charge in [-0.25, -0.2) is 9.97 Å². The van der Waals surface area contributed by atoms with Crippen molar-refractivity contribution in [1.29, 1.82) is 0 Å². The smallest absolute Gasteiger partial charge is 0.234 e. The van der Waals surface area contributed by atoms with Crippen LogP contribution in [0.1, 0.15) is 0 Å². The molecule has 1 N–H and O–H groups in total. The molecular weight excluding hydrogens is 446 g/mol. The van der Waals surface area contributed by atoms with Gasteiger partial charge in [-0.05, 0) is 30.3 Å². The average Bonchev–Trinajstić information content (AvgIpc) is 2.83. The topological polar surface area (TPSA) is 73.3 Å². The maximum absolute atomic E-state index is 12.7. The molecule has 1 heterocycles. The average molecular weight is 466 g/mol. The molecule has 32 heavy (non-hydrogen) atoms. The largest absolute Gasteiger partial charge is 0.497 e. The summed E-state index contributed by atoms with van der Waals surface area (Å²) in [5.41, 5.74) is 2.20. The van der Waals surface area contributed by atoms with E-state index in [-0.39, 0.29) is 11.7 Å². The van der Waals surface area contributed by atoms with Crippen LogP contribution in [0.3, 0.4) is 0 Å². The second-order valence-electron chi connectivity index (χ2n) is 6.78. The van der Waals surface area contributed by atoms with Crippen LogP contribution < -0.4 is 14.8 Å². The fourth-order valence-electron chi connectivity index (χ4n) is 3.13. The van der Waals surface area contributed by atoms with Gasteiger partial charge in [0, 0.05) is 22.0 Å². The predicted octanol–water partition coefficient (Wildman–Crippen LogP) is 5.70. The summed E-state index contributed by atoms with van der Waals surface area (Å²) in [5.74, 6) is 1.72. The summed E-state index contributed by atoms with van der Waals surface area (Å²) in [7, 11) is 3.12. The summed E-state index contributed by atoms with van der Waals surface area (Å²) < 4.78 is 10.6. The molecule has 0 saturated carbocycles. The van der Waals surface area contributed by atoms with Gasteiger partial charge in [0.25, 0.3) is 0 Å². The molecule has 8 heteroatoms. The van der Waals surface area contributed by atoms with Gasteiger partial charge in [-0.2, -0.15) is 0 Å². The number of fused-ring (bicyclic) bond motifs is 1. The molecule has 1 amide bonds. The molecule has 1 aromatic heterocycles. The van der Waals surface area contributed by atoms with Gasteiger partial charge in [-0.3, -0.25) is 4.79 Å². The van der Waals surface area contributed by atoms with Crippen molar-refractivity contribution in [2.75, 3.05) is 25.3 Å². The Labute approximate surface area is 194 Å². The van der Waals surface area contributed by atoms with E-state index in [4.69, 9.17) is 26.1 Å². The highest BCUT2D eigenvalue weighted by atomic mass is 35.5. The molecule has 0 saturated heterocycles. The van der Waals surface area contributed by atoms with E-state index in [9.17, 15) is 4.79 Å². The molecule has 0 radical (unpaired) electrons. The SMILES string of the molecule is COc1ccc(OC)c(NC(=O)CSc2nc(-c3ccccc3)nc3ccc(Cl)cc23)c1. The van der Waals surface area contributed by atoms with E-state index in [1.165, 1.54) is 11.8 Å². The number of halogens is 1. The van der Waals surface area contributed by atoms with Crippen molar-refractivity contribution in [2.24, 2.45) is 0 Å². The standard InChI is InChI=1S/C24H20ClN3O3S/c1-30-17-9-11-21(31-2)20(13-17)26-22(29)14-32-24-18-12-16(25)8-10-19(18)27-23(28-24)15-6-4-3-5-7-15/h3-13H,14H2,1-2H3,(H,26,29). The summed E-state index contributed by atoms with van der Waals surface area (Å²) in [6.45, 7) is 0. The number of anilines is 1. The number of ether oxygens (including phenoxy) is 2. The van der Waals surface area contributed by atoms with Gasteiger partial charge in [0.05, 0.1) is 31.2 Å². The molecule has 162 valence electrons. The summed E-state index contributed by atoms with van der Waals surface area (Å²) in [6.07, 6.45) is 0. The van der Waals surface area contributed by atoms with Gasteiger partial charge in [0.2, 0.25) is 5.91 Å². The van der Waals surface area contributed by atoms with Crippen molar-refractivity contribution in [2.45, 2.75) is 5.03 Å². The Morgan fingerprint density at radius 3 is 2.56 bits per heavy atom. The summed E-state index contributed by atoms with van der Waals surface area (Å²) >= 11 is 7.53. The summed E-state index contributed by atoms with van der Waals surface area (Å²) in [4.78, 5) is 22.1.